The lowest BCUT2D eigenvalue weighted by molar-refractivity contribution is 0.0998. The second-order valence-electron chi connectivity index (χ2n) is 4.33. The molecule has 3 aromatic rings. The number of carbonyl (C=O) groups is 2. The zero-order chi connectivity index (χ0) is 14.8. The molecule has 21 heavy (non-hydrogen) atoms. The van der Waals surface area contributed by atoms with Crippen LogP contribution in [0.5, 0.6) is 0 Å². The van der Waals surface area contributed by atoms with Gasteiger partial charge in [-0.3, -0.25) is 9.59 Å². The molecule has 0 aliphatic heterocycles. The van der Waals surface area contributed by atoms with Crippen LogP contribution in [0.1, 0.15) is 20.7 Å². The van der Waals surface area contributed by atoms with E-state index in [1.807, 2.05) is 0 Å². The molecule has 3 rings (SSSR count). The number of aromatic nitrogens is 2. The number of hydrogen-bond acceptors (Lipinski definition) is 5. The Labute approximate surface area is 123 Å². The highest BCUT2D eigenvalue weighted by molar-refractivity contribution is 7.00. The van der Waals surface area contributed by atoms with Gasteiger partial charge in [0.05, 0.1) is 17.3 Å². The van der Waals surface area contributed by atoms with E-state index in [0.29, 0.717) is 27.8 Å². The highest BCUT2D eigenvalue weighted by atomic mass is 32.1. The SMILES string of the molecule is NC(=O)c1ccc(NC(=O)c2cccc3nsnc23)cc1. The highest BCUT2D eigenvalue weighted by Gasteiger charge is 2.13. The second-order valence-corrected chi connectivity index (χ2v) is 4.86. The van der Waals surface area contributed by atoms with Gasteiger partial charge in [-0.05, 0) is 36.4 Å². The summed E-state index contributed by atoms with van der Waals surface area (Å²) >= 11 is 1.06. The fourth-order valence-electron chi connectivity index (χ4n) is 1.91. The van der Waals surface area contributed by atoms with Crippen molar-refractivity contribution < 1.29 is 9.59 Å². The summed E-state index contributed by atoms with van der Waals surface area (Å²) in [6.45, 7) is 0. The van der Waals surface area contributed by atoms with E-state index in [1.54, 1.807) is 42.5 Å². The number of nitrogens with zero attached hydrogens (tertiary/aromatic N) is 2. The molecule has 0 unspecified atom stereocenters. The maximum Gasteiger partial charge on any atom is 0.257 e. The Morgan fingerprint density at radius 2 is 1.81 bits per heavy atom. The quantitative estimate of drug-likeness (QED) is 0.773. The Kier molecular flexibility index (Phi) is 3.33. The minimum atomic E-state index is -0.508. The van der Waals surface area contributed by atoms with Crippen molar-refractivity contribution in [3.63, 3.8) is 0 Å². The van der Waals surface area contributed by atoms with Crippen molar-refractivity contribution in [3.05, 3.63) is 53.6 Å². The number of anilines is 1. The first-order valence-corrected chi connectivity index (χ1v) is 6.80. The Morgan fingerprint density at radius 3 is 2.52 bits per heavy atom. The number of hydrogen-bond donors (Lipinski definition) is 2. The molecular formula is C14H10N4O2S. The van der Waals surface area contributed by atoms with E-state index < -0.39 is 5.91 Å². The van der Waals surface area contributed by atoms with Gasteiger partial charge >= 0.3 is 0 Å². The minimum absolute atomic E-state index is 0.278. The van der Waals surface area contributed by atoms with Gasteiger partial charge in [-0.15, -0.1) is 0 Å². The van der Waals surface area contributed by atoms with Crippen LogP contribution in [0.15, 0.2) is 42.5 Å². The molecule has 1 heterocycles. The topological polar surface area (TPSA) is 98.0 Å². The number of primary amides is 1. The van der Waals surface area contributed by atoms with Crippen molar-refractivity contribution >= 4 is 40.3 Å². The molecule has 6 nitrogen and oxygen atoms in total. The molecule has 2 amide bonds. The average molecular weight is 298 g/mol. The lowest BCUT2D eigenvalue weighted by Gasteiger charge is -2.06. The van der Waals surface area contributed by atoms with Gasteiger partial charge in [-0.2, -0.15) is 8.75 Å². The molecule has 0 aliphatic rings. The predicted octanol–water partition coefficient (Wildman–Crippen LogP) is 2.04. The molecule has 0 aliphatic carbocycles. The average Bonchev–Trinajstić information content (AvgIpc) is 2.96. The van der Waals surface area contributed by atoms with Gasteiger partial charge in [-0.25, -0.2) is 0 Å². The van der Waals surface area contributed by atoms with E-state index in [9.17, 15) is 9.59 Å². The molecule has 0 saturated heterocycles. The van der Waals surface area contributed by atoms with Crippen LogP contribution < -0.4 is 11.1 Å². The number of carbonyl (C=O) groups excluding carboxylic acids is 2. The summed E-state index contributed by atoms with van der Waals surface area (Å²) in [7, 11) is 0. The van der Waals surface area contributed by atoms with Gasteiger partial charge < -0.3 is 11.1 Å². The zero-order valence-corrected chi connectivity index (χ0v) is 11.6. The molecule has 2 aromatic carbocycles. The number of rotatable bonds is 3. The van der Waals surface area contributed by atoms with Gasteiger partial charge in [0.1, 0.15) is 11.0 Å². The van der Waals surface area contributed by atoms with Gasteiger partial charge in [0, 0.05) is 11.3 Å². The number of nitrogens with two attached hydrogens (primary N) is 1. The summed E-state index contributed by atoms with van der Waals surface area (Å²) in [6.07, 6.45) is 0. The molecular weight excluding hydrogens is 288 g/mol. The standard InChI is InChI=1S/C14H10N4O2S/c15-13(19)8-4-6-9(7-5-8)16-14(20)10-2-1-3-11-12(10)18-21-17-11/h1-7H,(H2,15,19)(H,16,20). The first-order chi connectivity index (χ1) is 10.1. The summed E-state index contributed by atoms with van der Waals surface area (Å²) < 4.78 is 8.23. The minimum Gasteiger partial charge on any atom is -0.366 e. The van der Waals surface area contributed by atoms with Crippen molar-refractivity contribution in [3.8, 4) is 0 Å². The van der Waals surface area contributed by atoms with Gasteiger partial charge in [-0.1, -0.05) is 6.07 Å². The van der Waals surface area contributed by atoms with Crippen LogP contribution in [0.4, 0.5) is 5.69 Å². The molecule has 0 atom stereocenters. The molecule has 0 saturated carbocycles. The summed E-state index contributed by atoms with van der Waals surface area (Å²) in [5.41, 5.74) is 7.86. The van der Waals surface area contributed by atoms with Crippen molar-refractivity contribution in [1.82, 2.24) is 8.75 Å². The zero-order valence-electron chi connectivity index (χ0n) is 10.7. The van der Waals surface area contributed by atoms with Gasteiger partial charge in [0.25, 0.3) is 5.91 Å². The third-order valence-corrected chi connectivity index (χ3v) is 3.50. The van der Waals surface area contributed by atoms with Crippen molar-refractivity contribution in [1.29, 1.82) is 0 Å². The van der Waals surface area contributed by atoms with E-state index >= 15 is 0 Å². The normalized spacial score (nSPS) is 10.5. The van der Waals surface area contributed by atoms with Crippen LogP contribution in [-0.2, 0) is 0 Å². The molecule has 7 heteroatoms. The third kappa shape index (κ3) is 2.59. The largest absolute Gasteiger partial charge is 0.366 e. The molecule has 0 spiro atoms. The van der Waals surface area contributed by atoms with E-state index in [0.717, 1.165) is 11.7 Å². The maximum absolute atomic E-state index is 12.3. The van der Waals surface area contributed by atoms with Crippen LogP contribution in [-0.4, -0.2) is 20.6 Å². The molecule has 3 N–H and O–H groups in total. The Morgan fingerprint density at radius 1 is 1.05 bits per heavy atom. The lowest BCUT2D eigenvalue weighted by Crippen LogP contribution is -2.13. The number of amides is 2. The molecule has 0 radical (unpaired) electrons. The van der Waals surface area contributed by atoms with E-state index in [2.05, 4.69) is 14.1 Å². The summed E-state index contributed by atoms with van der Waals surface area (Å²) in [5, 5.41) is 2.75. The van der Waals surface area contributed by atoms with Gasteiger partial charge in [0.15, 0.2) is 0 Å². The van der Waals surface area contributed by atoms with E-state index in [1.165, 1.54) is 0 Å². The first-order valence-electron chi connectivity index (χ1n) is 6.07. The molecule has 1 aromatic heterocycles. The fourth-order valence-corrected chi connectivity index (χ4v) is 2.46. The summed E-state index contributed by atoms with van der Waals surface area (Å²) in [5.74, 6) is -0.786. The Hall–Kier alpha value is -2.80. The monoisotopic (exact) mass is 298 g/mol. The van der Waals surface area contributed by atoms with E-state index in [-0.39, 0.29) is 5.91 Å². The molecule has 0 fully saturated rings. The van der Waals surface area contributed by atoms with Crippen molar-refractivity contribution in [2.24, 2.45) is 5.73 Å². The lowest BCUT2D eigenvalue weighted by atomic mass is 10.1. The second kappa shape index (κ2) is 5.29. The van der Waals surface area contributed by atoms with Crippen LogP contribution in [0.3, 0.4) is 0 Å². The maximum atomic E-state index is 12.3. The van der Waals surface area contributed by atoms with Crippen LogP contribution >= 0.6 is 11.7 Å². The first kappa shape index (κ1) is 13.2. The number of benzene rings is 2. The summed E-state index contributed by atoms with van der Waals surface area (Å²) in [4.78, 5) is 23.3. The van der Waals surface area contributed by atoms with Crippen LogP contribution in [0.25, 0.3) is 11.0 Å². The third-order valence-electron chi connectivity index (χ3n) is 2.96. The molecule has 104 valence electrons. The fraction of sp³-hybridized carbons (Fsp3) is 0. The number of fused-ring (bicyclic) bond motifs is 1. The van der Waals surface area contributed by atoms with Crippen molar-refractivity contribution in [2.75, 3.05) is 5.32 Å². The summed E-state index contributed by atoms with van der Waals surface area (Å²) in [6, 6.07) is 11.6. The van der Waals surface area contributed by atoms with Crippen LogP contribution in [0, 0.1) is 0 Å². The van der Waals surface area contributed by atoms with E-state index in [4.69, 9.17) is 5.73 Å². The Bertz CT molecular complexity index is 826. The van der Waals surface area contributed by atoms with Gasteiger partial charge in [0.2, 0.25) is 5.91 Å². The molecule has 0 bridgehead atoms. The van der Waals surface area contributed by atoms with Crippen molar-refractivity contribution in [2.45, 2.75) is 0 Å². The smallest absolute Gasteiger partial charge is 0.257 e. The highest BCUT2D eigenvalue weighted by Crippen LogP contribution is 2.18. The predicted molar refractivity (Wildman–Crippen MR) is 80.3 cm³/mol. The number of nitrogens with one attached hydrogen (secondary N) is 1. The Balaban J connectivity index is 1.86. The van der Waals surface area contributed by atoms with Crippen LogP contribution in [0.2, 0.25) is 0 Å².